The average molecular weight is 253 g/mol. The van der Waals surface area contributed by atoms with Gasteiger partial charge in [0.1, 0.15) is 0 Å². The number of carbonyl (C=O) groups is 1. The second-order valence-corrected chi connectivity index (χ2v) is 5.69. The van der Waals surface area contributed by atoms with Gasteiger partial charge in [-0.25, -0.2) is 0 Å². The molecule has 0 aliphatic heterocycles. The lowest BCUT2D eigenvalue weighted by Crippen LogP contribution is -2.40. The third kappa shape index (κ3) is 4.03. The fourth-order valence-corrected chi connectivity index (χ4v) is 2.00. The van der Waals surface area contributed by atoms with Gasteiger partial charge in [0.05, 0.1) is 5.69 Å². The van der Waals surface area contributed by atoms with Crippen molar-refractivity contribution in [3.05, 3.63) is 11.9 Å². The molecule has 0 spiro atoms. The number of aromatic nitrogens is 2. The Bertz CT molecular complexity index is 422. The van der Waals surface area contributed by atoms with Crippen molar-refractivity contribution in [1.29, 1.82) is 0 Å². The molecular weight excluding hydrogens is 230 g/mol. The first kappa shape index (κ1) is 14.5. The summed E-state index contributed by atoms with van der Waals surface area (Å²) in [6.45, 7) is 5.69. The maximum absolute atomic E-state index is 11.9. The van der Waals surface area contributed by atoms with Gasteiger partial charge < -0.3 is 16.0 Å². The molecule has 6 nitrogen and oxygen atoms in total. The van der Waals surface area contributed by atoms with Gasteiger partial charge in [-0.3, -0.25) is 9.48 Å². The molecule has 102 valence electrons. The molecule has 1 aromatic rings. The Balaban J connectivity index is 2.59. The fourth-order valence-electron chi connectivity index (χ4n) is 2.00. The molecule has 1 amide bonds. The minimum Gasteiger partial charge on any atom is -0.396 e. The van der Waals surface area contributed by atoms with Crippen LogP contribution in [0.5, 0.6) is 0 Å². The third-order valence-electron chi connectivity index (χ3n) is 2.54. The zero-order chi connectivity index (χ0) is 13.9. The highest BCUT2D eigenvalue weighted by molar-refractivity contribution is 5.96. The monoisotopic (exact) mass is 253 g/mol. The van der Waals surface area contributed by atoms with Crippen LogP contribution in [-0.4, -0.2) is 47.8 Å². The highest BCUT2D eigenvalue weighted by Gasteiger charge is 2.21. The first-order chi connectivity index (χ1) is 8.21. The van der Waals surface area contributed by atoms with E-state index >= 15 is 0 Å². The molecule has 0 aliphatic rings. The van der Waals surface area contributed by atoms with Crippen LogP contribution in [0.4, 0.5) is 5.69 Å². The highest BCUT2D eigenvalue weighted by atomic mass is 16.2. The standard InChI is InChI=1S/C12H23N5O/c1-12(2,8-16(3)4)7-14-11(18)10-9(13)6-17(5)15-10/h6H,7-8,13H2,1-5H3,(H,14,18). The molecule has 0 bridgehead atoms. The van der Waals surface area contributed by atoms with Crippen LogP contribution in [-0.2, 0) is 7.05 Å². The number of nitrogen functional groups attached to an aromatic ring is 1. The summed E-state index contributed by atoms with van der Waals surface area (Å²) >= 11 is 0. The number of hydrogen-bond acceptors (Lipinski definition) is 4. The molecule has 0 aliphatic carbocycles. The van der Waals surface area contributed by atoms with Crippen LogP contribution in [0.3, 0.4) is 0 Å². The van der Waals surface area contributed by atoms with Crippen LogP contribution in [0.1, 0.15) is 24.3 Å². The van der Waals surface area contributed by atoms with Gasteiger partial charge in [0.15, 0.2) is 5.69 Å². The van der Waals surface area contributed by atoms with E-state index in [0.29, 0.717) is 12.2 Å². The summed E-state index contributed by atoms with van der Waals surface area (Å²) in [4.78, 5) is 14.0. The number of amides is 1. The normalized spacial score (nSPS) is 11.9. The Morgan fingerprint density at radius 2 is 2.17 bits per heavy atom. The second kappa shape index (κ2) is 5.39. The van der Waals surface area contributed by atoms with Gasteiger partial charge in [-0.15, -0.1) is 0 Å². The lowest BCUT2D eigenvalue weighted by molar-refractivity contribution is 0.0924. The average Bonchev–Trinajstić information content (AvgIpc) is 2.52. The molecule has 1 aromatic heterocycles. The fraction of sp³-hybridized carbons (Fsp3) is 0.667. The Labute approximate surface area is 108 Å². The SMILES string of the molecule is CN(C)CC(C)(C)CNC(=O)c1nn(C)cc1N. The van der Waals surface area contributed by atoms with Crippen molar-refractivity contribution in [2.45, 2.75) is 13.8 Å². The van der Waals surface area contributed by atoms with Gasteiger partial charge in [0, 0.05) is 26.3 Å². The van der Waals surface area contributed by atoms with Gasteiger partial charge in [-0.05, 0) is 19.5 Å². The number of anilines is 1. The van der Waals surface area contributed by atoms with Crippen molar-refractivity contribution in [3.63, 3.8) is 0 Å². The van der Waals surface area contributed by atoms with E-state index in [1.165, 1.54) is 4.68 Å². The van der Waals surface area contributed by atoms with Gasteiger partial charge in [-0.2, -0.15) is 5.10 Å². The van der Waals surface area contributed by atoms with E-state index in [1.807, 2.05) is 14.1 Å². The Hall–Kier alpha value is -1.56. The molecule has 0 saturated carbocycles. The zero-order valence-corrected chi connectivity index (χ0v) is 11.8. The topological polar surface area (TPSA) is 76.2 Å². The molecule has 0 saturated heterocycles. The van der Waals surface area contributed by atoms with Gasteiger partial charge in [-0.1, -0.05) is 13.8 Å². The predicted octanol–water partition coefficient (Wildman–Crippen LogP) is 0.320. The predicted molar refractivity (Wildman–Crippen MR) is 72.3 cm³/mol. The number of aryl methyl sites for hydroxylation is 1. The Kier molecular flexibility index (Phi) is 4.34. The summed E-state index contributed by atoms with van der Waals surface area (Å²) in [5, 5.41) is 6.92. The van der Waals surface area contributed by atoms with Crippen LogP contribution in [0.25, 0.3) is 0 Å². The minimum absolute atomic E-state index is 0.00268. The number of nitrogens with one attached hydrogen (secondary N) is 1. The first-order valence-electron chi connectivity index (χ1n) is 5.93. The van der Waals surface area contributed by atoms with Crippen LogP contribution in [0, 0.1) is 5.41 Å². The van der Waals surface area contributed by atoms with Crippen molar-refractivity contribution in [3.8, 4) is 0 Å². The van der Waals surface area contributed by atoms with E-state index in [4.69, 9.17) is 5.73 Å². The Morgan fingerprint density at radius 3 is 2.61 bits per heavy atom. The number of hydrogen-bond donors (Lipinski definition) is 2. The smallest absolute Gasteiger partial charge is 0.273 e. The van der Waals surface area contributed by atoms with Crippen LogP contribution < -0.4 is 11.1 Å². The third-order valence-corrected chi connectivity index (χ3v) is 2.54. The number of nitrogens with two attached hydrogens (primary N) is 1. The number of nitrogens with zero attached hydrogens (tertiary/aromatic N) is 3. The molecule has 3 N–H and O–H groups in total. The van der Waals surface area contributed by atoms with Gasteiger partial charge in [0.2, 0.25) is 0 Å². The van der Waals surface area contributed by atoms with Crippen molar-refractivity contribution < 1.29 is 4.79 Å². The van der Waals surface area contributed by atoms with Gasteiger partial charge in [0.25, 0.3) is 5.91 Å². The Morgan fingerprint density at radius 1 is 1.56 bits per heavy atom. The van der Waals surface area contributed by atoms with Crippen molar-refractivity contribution in [1.82, 2.24) is 20.0 Å². The van der Waals surface area contributed by atoms with E-state index in [1.54, 1.807) is 13.2 Å². The van der Waals surface area contributed by atoms with E-state index < -0.39 is 0 Å². The van der Waals surface area contributed by atoms with Crippen LogP contribution >= 0.6 is 0 Å². The minimum atomic E-state index is -0.222. The highest BCUT2D eigenvalue weighted by Crippen LogP contribution is 2.15. The molecule has 0 unspecified atom stereocenters. The molecule has 1 heterocycles. The molecule has 6 heteroatoms. The lowest BCUT2D eigenvalue weighted by atomic mass is 9.93. The van der Waals surface area contributed by atoms with Gasteiger partial charge >= 0.3 is 0 Å². The lowest BCUT2D eigenvalue weighted by Gasteiger charge is -2.28. The molecule has 0 aromatic carbocycles. The van der Waals surface area contributed by atoms with E-state index in [-0.39, 0.29) is 17.0 Å². The molecule has 0 atom stereocenters. The summed E-state index contributed by atoms with van der Waals surface area (Å²) in [7, 11) is 5.77. The second-order valence-electron chi connectivity index (χ2n) is 5.69. The summed E-state index contributed by atoms with van der Waals surface area (Å²) < 4.78 is 1.54. The molecule has 1 rings (SSSR count). The molecule has 0 fully saturated rings. The van der Waals surface area contributed by atoms with E-state index in [9.17, 15) is 4.79 Å². The summed E-state index contributed by atoms with van der Waals surface area (Å²) in [5.74, 6) is -0.222. The van der Waals surface area contributed by atoms with E-state index in [2.05, 4.69) is 29.2 Å². The molecular formula is C12H23N5O. The first-order valence-corrected chi connectivity index (χ1v) is 5.93. The van der Waals surface area contributed by atoms with Crippen LogP contribution in [0.15, 0.2) is 6.20 Å². The summed E-state index contributed by atoms with van der Waals surface area (Å²) in [6.07, 6.45) is 1.62. The van der Waals surface area contributed by atoms with Crippen molar-refractivity contribution in [2.24, 2.45) is 12.5 Å². The van der Waals surface area contributed by atoms with E-state index in [0.717, 1.165) is 6.54 Å². The molecule has 18 heavy (non-hydrogen) atoms. The summed E-state index contributed by atoms with van der Waals surface area (Å²) in [6, 6.07) is 0. The molecule has 0 radical (unpaired) electrons. The maximum atomic E-state index is 11.9. The largest absolute Gasteiger partial charge is 0.396 e. The van der Waals surface area contributed by atoms with Crippen molar-refractivity contribution in [2.75, 3.05) is 32.9 Å². The number of carbonyl (C=O) groups excluding carboxylic acids is 1. The maximum Gasteiger partial charge on any atom is 0.273 e. The number of rotatable bonds is 5. The van der Waals surface area contributed by atoms with Crippen LogP contribution in [0.2, 0.25) is 0 Å². The zero-order valence-electron chi connectivity index (χ0n) is 11.8. The quantitative estimate of drug-likeness (QED) is 0.792. The van der Waals surface area contributed by atoms with Crippen molar-refractivity contribution >= 4 is 11.6 Å². The summed E-state index contributed by atoms with van der Waals surface area (Å²) in [5.41, 5.74) is 6.41.